The molecule has 0 saturated heterocycles. The molecule has 4 nitrogen and oxygen atoms in total. The van der Waals surface area contributed by atoms with Gasteiger partial charge in [0.15, 0.2) is 5.82 Å². The molecule has 2 aliphatic rings. The van der Waals surface area contributed by atoms with Gasteiger partial charge in [0.2, 0.25) is 5.89 Å². The minimum absolute atomic E-state index is 0.0948. The molecule has 4 rings (SSSR count). The second-order valence-corrected chi connectivity index (χ2v) is 6.31. The van der Waals surface area contributed by atoms with Gasteiger partial charge in [-0.15, -0.1) is 0 Å². The normalized spacial score (nSPS) is 20.6. The van der Waals surface area contributed by atoms with E-state index in [2.05, 4.69) is 34.4 Å². The number of hydrogen-bond donors (Lipinski definition) is 1. The highest BCUT2D eigenvalue weighted by Crippen LogP contribution is 2.34. The molecule has 0 spiro atoms. The SMILES string of the molecule is NC1(Cc2nc(C3Cc4ccccc4C3)no2)CCC1. The van der Waals surface area contributed by atoms with E-state index < -0.39 is 0 Å². The molecule has 1 fully saturated rings. The minimum Gasteiger partial charge on any atom is -0.339 e. The first-order valence-corrected chi connectivity index (χ1v) is 7.40. The van der Waals surface area contributed by atoms with Crippen LogP contribution in [0.1, 0.15) is 48.0 Å². The Morgan fingerprint density at radius 3 is 2.50 bits per heavy atom. The van der Waals surface area contributed by atoms with Crippen LogP contribution in [0.4, 0.5) is 0 Å². The zero-order chi connectivity index (χ0) is 13.6. The summed E-state index contributed by atoms with van der Waals surface area (Å²) in [7, 11) is 0. The lowest BCUT2D eigenvalue weighted by atomic mass is 9.75. The molecule has 0 aliphatic heterocycles. The Kier molecular flexibility index (Phi) is 2.67. The Morgan fingerprint density at radius 1 is 1.20 bits per heavy atom. The van der Waals surface area contributed by atoms with Gasteiger partial charge >= 0.3 is 0 Å². The summed E-state index contributed by atoms with van der Waals surface area (Å²) in [6, 6.07) is 8.58. The Balaban J connectivity index is 1.49. The van der Waals surface area contributed by atoms with E-state index in [9.17, 15) is 0 Å². The Morgan fingerprint density at radius 2 is 1.90 bits per heavy atom. The van der Waals surface area contributed by atoms with Gasteiger partial charge in [-0.25, -0.2) is 0 Å². The van der Waals surface area contributed by atoms with E-state index in [4.69, 9.17) is 10.3 Å². The fraction of sp³-hybridized carbons (Fsp3) is 0.500. The molecule has 0 unspecified atom stereocenters. The monoisotopic (exact) mass is 269 g/mol. The van der Waals surface area contributed by atoms with Crippen molar-refractivity contribution in [2.45, 2.75) is 50.0 Å². The van der Waals surface area contributed by atoms with Crippen molar-refractivity contribution in [1.82, 2.24) is 10.1 Å². The minimum atomic E-state index is -0.0948. The van der Waals surface area contributed by atoms with Crippen molar-refractivity contribution in [1.29, 1.82) is 0 Å². The lowest BCUT2D eigenvalue weighted by Crippen LogP contribution is -2.48. The summed E-state index contributed by atoms with van der Waals surface area (Å²) >= 11 is 0. The van der Waals surface area contributed by atoms with Crippen LogP contribution in [0, 0.1) is 0 Å². The van der Waals surface area contributed by atoms with E-state index in [1.807, 2.05) is 0 Å². The van der Waals surface area contributed by atoms with Gasteiger partial charge in [-0.1, -0.05) is 29.4 Å². The number of hydrogen-bond acceptors (Lipinski definition) is 4. The molecule has 4 heteroatoms. The van der Waals surface area contributed by atoms with Crippen LogP contribution < -0.4 is 5.73 Å². The van der Waals surface area contributed by atoms with Crippen LogP contribution in [0.15, 0.2) is 28.8 Å². The molecule has 0 bridgehead atoms. The molecule has 20 heavy (non-hydrogen) atoms. The summed E-state index contributed by atoms with van der Waals surface area (Å²) in [5.74, 6) is 1.91. The number of nitrogens with zero attached hydrogens (tertiary/aromatic N) is 2. The highest BCUT2D eigenvalue weighted by molar-refractivity contribution is 5.34. The zero-order valence-electron chi connectivity index (χ0n) is 11.5. The van der Waals surface area contributed by atoms with Gasteiger partial charge in [0.25, 0.3) is 0 Å². The highest BCUT2D eigenvalue weighted by Gasteiger charge is 2.35. The highest BCUT2D eigenvalue weighted by atomic mass is 16.5. The summed E-state index contributed by atoms with van der Waals surface area (Å²) in [5.41, 5.74) is 8.97. The Bertz CT molecular complexity index is 605. The Hall–Kier alpha value is -1.68. The first kappa shape index (κ1) is 12.1. The molecule has 0 amide bonds. The molecular formula is C16H19N3O. The second kappa shape index (κ2) is 4.42. The van der Waals surface area contributed by atoms with Crippen LogP contribution in [-0.2, 0) is 19.3 Å². The molecule has 0 atom stereocenters. The summed E-state index contributed by atoms with van der Waals surface area (Å²) in [4.78, 5) is 4.58. The van der Waals surface area contributed by atoms with Gasteiger partial charge < -0.3 is 10.3 Å². The molecule has 0 radical (unpaired) electrons. The van der Waals surface area contributed by atoms with Crippen LogP contribution in [0.2, 0.25) is 0 Å². The Labute approximate surface area is 118 Å². The molecule has 1 aromatic carbocycles. The molecule has 2 aromatic rings. The second-order valence-electron chi connectivity index (χ2n) is 6.31. The maximum atomic E-state index is 6.24. The maximum absolute atomic E-state index is 6.24. The fourth-order valence-electron chi connectivity index (χ4n) is 3.36. The van der Waals surface area contributed by atoms with Crippen LogP contribution in [0.5, 0.6) is 0 Å². The van der Waals surface area contributed by atoms with Gasteiger partial charge in [0.05, 0.1) is 0 Å². The smallest absolute Gasteiger partial charge is 0.228 e. The number of benzene rings is 1. The molecule has 1 heterocycles. The summed E-state index contributed by atoms with van der Waals surface area (Å²) in [6.45, 7) is 0. The summed E-state index contributed by atoms with van der Waals surface area (Å²) in [5, 5.41) is 4.18. The van der Waals surface area contributed by atoms with Gasteiger partial charge in [0.1, 0.15) is 0 Å². The number of rotatable bonds is 3. The van der Waals surface area contributed by atoms with Crippen LogP contribution in [0.25, 0.3) is 0 Å². The zero-order valence-corrected chi connectivity index (χ0v) is 11.5. The molecule has 2 N–H and O–H groups in total. The third-order valence-electron chi connectivity index (χ3n) is 4.75. The molecule has 104 valence electrons. The quantitative estimate of drug-likeness (QED) is 0.929. The predicted molar refractivity (Wildman–Crippen MR) is 75.4 cm³/mol. The molecule has 1 saturated carbocycles. The number of nitrogens with two attached hydrogens (primary N) is 1. The lowest BCUT2D eigenvalue weighted by Gasteiger charge is -2.36. The van der Waals surface area contributed by atoms with E-state index in [-0.39, 0.29) is 5.54 Å². The van der Waals surface area contributed by atoms with Crippen molar-refractivity contribution in [3.05, 3.63) is 47.1 Å². The van der Waals surface area contributed by atoms with E-state index in [1.54, 1.807) is 0 Å². The number of aromatic nitrogens is 2. The van der Waals surface area contributed by atoms with Gasteiger partial charge in [-0.2, -0.15) is 4.98 Å². The van der Waals surface area contributed by atoms with Crippen LogP contribution in [0.3, 0.4) is 0 Å². The van der Waals surface area contributed by atoms with E-state index in [0.29, 0.717) is 11.8 Å². The van der Waals surface area contributed by atoms with Crippen molar-refractivity contribution in [3.63, 3.8) is 0 Å². The van der Waals surface area contributed by atoms with Crippen molar-refractivity contribution < 1.29 is 4.52 Å². The van der Waals surface area contributed by atoms with E-state index in [1.165, 1.54) is 17.5 Å². The van der Waals surface area contributed by atoms with Crippen molar-refractivity contribution in [2.75, 3.05) is 0 Å². The van der Waals surface area contributed by atoms with Crippen LogP contribution >= 0.6 is 0 Å². The molecule has 2 aliphatic carbocycles. The third-order valence-corrected chi connectivity index (χ3v) is 4.75. The first-order chi connectivity index (χ1) is 9.72. The van der Waals surface area contributed by atoms with E-state index in [0.717, 1.165) is 37.9 Å². The number of fused-ring (bicyclic) bond motifs is 1. The standard InChI is InChI=1S/C16H19N3O/c17-16(6-3-7-16)10-14-18-15(19-20-14)13-8-11-4-1-2-5-12(11)9-13/h1-2,4-5,13H,3,6-10,17H2. The van der Waals surface area contributed by atoms with Gasteiger partial charge in [-0.3, -0.25) is 0 Å². The first-order valence-electron chi connectivity index (χ1n) is 7.40. The molecule has 1 aromatic heterocycles. The summed E-state index contributed by atoms with van der Waals surface area (Å²) in [6.07, 6.45) is 6.11. The molecular weight excluding hydrogens is 250 g/mol. The lowest BCUT2D eigenvalue weighted by molar-refractivity contribution is 0.221. The van der Waals surface area contributed by atoms with Crippen LogP contribution in [-0.4, -0.2) is 15.7 Å². The predicted octanol–water partition coefficient (Wildman–Crippen LogP) is 2.38. The topological polar surface area (TPSA) is 64.9 Å². The van der Waals surface area contributed by atoms with Gasteiger partial charge in [0, 0.05) is 17.9 Å². The largest absolute Gasteiger partial charge is 0.339 e. The van der Waals surface area contributed by atoms with Crippen molar-refractivity contribution in [2.24, 2.45) is 5.73 Å². The van der Waals surface area contributed by atoms with Gasteiger partial charge in [-0.05, 0) is 43.2 Å². The fourth-order valence-corrected chi connectivity index (χ4v) is 3.36. The van der Waals surface area contributed by atoms with E-state index >= 15 is 0 Å². The third kappa shape index (κ3) is 2.04. The maximum Gasteiger partial charge on any atom is 0.228 e. The van der Waals surface area contributed by atoms with Crippen molar-refractivity contribution >= 4 is 0 Å². The average molecular weight is 269 g/mol. The summed E-state index contributed by atoms with van der Waals surface area (Å²) < 4.78 is 5.41. The average Bonchev–Trinajstić information content (AvgIpc) is 3.02. The van der Waals surface area contributed by atoms with Crippen molar-refractivity contribution in [3.8, 4) is 0 Å².